The van der Waals surface area contributed by atoms with E-state index in [1.165, 1.54) is 19.5 Å². The van der Waals surface area contributed by atoms with Gasteiger partial charge in [-0.25, -0.2) is 9.97 Å². The molecule has 0 saturated carbocycles. The first-order valence-electron chi connectivity index (χ1n) is 9.09. The van der Waals surface area contributed by atoms with Gasteiger partial charge in [0.1, 0.15) is 5.82 Å². The predicted molar refractivity (Wildman–Crippen MR) is 110 cm³/mol. The van der Waals surface area contributed by atoms with Crippen LogP contribution in [0.2, 0.25) is 5.02 Å². The molecule has 1 N–H and O–H groups in total. The lowest BCUT2D eigenvalue weighted by Gasteiger charge is -2.24. The van der Waals surface area contributed by atoms with E-state index in [1.807, 2.05) is 4.57 Å². The summed E-state index contributed by atoms with van der Waals surface area (Å²) in [6, 6.07) is 0. The Bertz CT molecular complexity index is 735. The molecule has 162 valence electrons. The lowest BCUT2D eigenvalue weighted by atomic mass is 10.2. The van der Waals surface area contributed by atoms with Crippen LogP contribution >= 0.6 is 11.6 Å². The van der Waals surface area contributed by atoms with Gasteiger partial charge in [0.2, 0.25) is 0 Å². The molecule has 0 fully saturated rings. The molecule has 2 aromatic heterocycles. The highest BCUT2D eigenvalue weighted by atomic mass is 35.5. The molecule has 0 aliphatic heterocycles. The molecule has 2 aromatic rings. The van der Waals surface area contributed by atoms with Crippen LogP contribution in [0.15, 0.2) is 12.4 Å². The number of hydrogen-bond donors (Lipinski definition) is 1. The third kappa shape index (κ3) is 6.76. The van der Waals surface area contributed by atoms with E-state index in [4.69, 9.17) is 25.8 Å². The minimum Gasteiger partial charge on any atom is -0.593 e. The van der Waals surface area contributed by atoms with Crippen LogP contribution < -0.4 is 4.72 Å². The molecule has 10 nitrogen and oxygen atoms in total. The van der Waals surface area contributed by atoms with Crippen molar-refractivity contribution in [1.29, 1.82) is 0 Å². The second kappa shape index (κ2) is 12.3. The van der Waals surface area contributed by atoms with Gasteiger partial charge in [-0.3, -0.25) is 4.57 Å². The number of methoxy groups -OCH3 is 3. The van der Waals surface area contributed by atoms with Crippen molar-refractivity contribution in [2.45, 2.75) is 37.7 Å². The first-order valence-corrected chi connectivity index (χ1v) is 10.7. The van der Waals surface area contributed by atoms with Gasteiger partial charge >= 0.3 is 0 Å². The number of nitrogens with one attached hydrogen (secondary N) is 1. The van der Waals surface area contributed by atoms with Crippen molar-refractivity contribution in [3.63, 3.8) is 0 Å². The van der Waals surface area contributed by atoms with E-state index >= 15 is 0 Å². The number of anilines is 1. The molecule has 2 rings (SSSR count). The largest absolute Gasteiger partial charge is 0.593 e. The number of nitrogens with zero attached hydrogens (tertiary/aromatic N) is 5. The Labute approximate surface area is 178 Å². The molecule has 3 unspecified atom stereocenters. The maximum atomic E-state index is 13.0. The molecule has 3 atom stereocenters. The van der Waals surface area contributed by atoms with Crippen molar-refractivity contribution < 1.29 is 18.8 Å². The van der Waals surface area contributed by atoms with Gasteiger partial charge < -0.3 is 18.8 Å². The number of aryl methyl sites for hydroxylation is 1. The molecule has 0 aliphatic rings. The maximum Gasteiger partial charge on any atom is 0.266 e. The Hall–Kier alpha value is -1.50. The monoisotopic (exact) mass is 446 g/mol. The van der Waals surface area contributed by atoms with Gasteiger partial charge in [0.05, 0.1) is 29.5 Å². The second-order valence-corrected chi connectivity index (χ2v) is 8.18. The Morgan fingerprint density at radius 1 is 1.17 bits per heavy atom. The fourth-order valence-corrected chi connectivity index (χ4v) is 3.73. The normalized spacial score (nSPS) is 14.6. The number of halogens is 1. The van der Waals surface area contributed by atoms with Crippen LogP contribution in [0, 0.1) is 0 Å². The van der Waals surface area contributed by atoms with Crippen molar-refractivity contribution in [3.05, 3.63) is 29.1 Å². The highest BCUT2D eigenvalue weighted by Crippen LogP contribution is 2.24. The fraction of sp³-hybridized carbons (Fsp3) is 0.647. The van der Waals surface area contributed by atoms with E-state index in [0.29, 0.717) is 43.0 Å². The van der Waals surface area contributed by atoms with Gasteiger partial charge in [-0.15, -0.1) is 10.2 Å². The molecule has 0 radical (unpaired) electrons. The van der Waals surface area contributed by atoms with Crippen molar-refractivity contribution in [2.75, 3.05) is 39.3 Å². The summed E-state index contributed by atoms with van der Waals surface area (Å²) in [5.74, 6) is 1.59. The van der Waals surface area contributed by atoms with E-state index in [-0.39, 0.29) is 0 Å². The van der Waals surface area contributed by atoms with Crippen molar-refractivity contribution >= 4 is 28.9 Å². The highest BCUT2D eigenvalue weighted by Gasteiger charge is 2.33. The first kappa shape index (κ1) is 23.8. The summed E-state index contributed by atoms with van der Waals surface area (Å²) in [5.41, 5.74) is 0. The predicted octanol–water partition coefficient (Wildman–Crippen LogP) is 1.80. The van der Waals surface area contributed by atoms with Gasteiger partial charge in [0.15, 0.2) is 17.2 Å². The second-order valence-electron chi connectivity index (χ2n) is 6.20. The van der Waals surface area contributed by atoms with Crippen LogP contribution in [0.1, 0.15) is 31.1 Å². The standard InChI is InChI=1S/C17H27ClN6O4S/c1-12(15(28-4)16-19-10-13(18)11-20-16)29(25)23-17-22-21-14(6-5-8-26-2)24(17)7-9-27-3/h10-12,15H,5-9H2,1-4H3,(H,22,23). The summed E-state index contributed by atoms with van der Waals surface area (Å²) in [5, 5.41) is 8.34. The Morgan fingerprint density at radius 3 is 2.48 bits per heavy atom. The minimum absolute atomic E-state index is 0.403. The third-order valence-corrected chi connectivity index (χ3v) is 5.70. The number of rotatable bonds is 13. The SMILES string of the molecule is COCCCc1nnc(N[S+]([O-])C(C)C(OC)c2ncc(Cl)cn2)n1CCOC. The molecule has 0 aromatic carbocycles. The summed E-state index contributed by atoms with van der Waals surface area (Å²) < 4.78 is 33.5. The molecule has 2 heterocycles. The average molecular weight is 447 g/mol. The van der Waals surface area contributed by atoms with Crippen LogP contribution in [-0.4, -0.2) is 69.1 Å². The number of aromatic nitrogens is 5. The van der Waals surface area contributed by atoms with Gasteiger partial charge in [0, 0.05) is 46.8 Å². The molecule has 0 aliphatic carbocycles. The average Bonchev–Trinajstić information content (AvgIpc) is 3.09. The van der Waals surface area contributed by atoms with Crippen molar-refractivity contribution in [2.24, 2.45) is 0 Å². The van der Waals surface area contributed by atoms with Gasteiger partial charge in [0.25, 0.3) is 5.95 Å². The van der Waals surface area contributed by atoms with E-state index in [0.717, 1.165) is 12.2 Å². The quantitative estimate of drug-likeness (QED) is 0.362. The molecule has 29 heavy (non-hydrogen) atoms. The van der Waals surface area contributed by atoms with Gasteiger partial charge in [-0.05, 0) is 13.3 Å². The molecule has 12 heteroatoms. The topological polar surface area (TPSA) is 119 Å². The number of hydrogen-bond acceptors (Lipinski definition) is 9. The summed E-state index contributed by atoms with van der Waals surface area (Å²) >= 11 is 4.30. The summed E-state index contributed by atoms with van der Waals surface area (Å²) in [6.07, 6.45) is 3.87. The molecule has 0 amide bonds. The lowest BCUT2D eigenvalue weighted by Crippen LogP contribution is -2.33. The lowest BCUT2D eigenvalue weighted by molar-refractivity contribution is 0.0950. The summed E-state index contributed by atoms with van der Waals surface area (Å²) in [4.78, 5) is 8.34. The molecule has 0 bridgehead atoms. The van der Waals surface area contributed by atoms with E-state index < -0.39 is 22.7 Å². The third-order valence-electron chi connectivity index (χ3n) is 4.20. The first-order chi connectivity index (χ1) is 14.0. The number of ether oxygens (including phenoxy) is 3. The van der Waals surface area contributed by atoms with E-state index in [9.17, 15) is 4.55 Å². The Balaban J connectivity index is 2.12. The molecular weight excluding hydrogens is 420 g/mol. The smallest absolute Gasteiger partial charge is 0.266 e. The highest BCUT2D eigenvalue weighted by molar-refractivity contribution is 7.93. The van der Waals surface area contributed by atoms with Crippen LogP contribution in [-0.2, 0) is 38.5 Å². The van der Waals surface area contributed by atoms with Crippen LogP contribution in [0.4, 0.5) is 5.95 Å². The van der Waals surface area contributed by atoms with Gasteiger partial charge in [-0.1, -0.05) is 11.6 Å². The van der Waals surface area contributed by atoms with Crippen LogP contribution in [0.3, 0.4) is 0 Å². The van der Waals surface area contributed by atoms with E-state index in [2.05, 4.69) is 24.9 Å². The zero-order valence-electron chi connectivity index (χ0n) is 17.0. The Morgan fingerprint density at radius 2 is 1.86 bits per heavy atom. The zero-order chi connectivity index (χ0) is 21.2. The minimum atomic E-state index is -1.54. The van der Waals surface area contributed by atoms with Crippen LogP contribution in [0.25, 0.3) is 0 Å². The molecular formula is C17H27ClN6O4S. The van der Waals surface area contributed by atoms with Gasteiger partial charge in [-0.2, -0.15) is 4.72 Å². The fourth-order valence-electron chi connectivity index (χ4n) is 2.66. The molecule has 0 spiro atoms. The Kier molecular flexibility index (Phi) is 10.0. The van der Waals surface area contributed by atoms with Crippen LogP contribution in [0.5, 0.6) is 0 Å². The summed E-state index contributed by atoms with van der Waals surface area (Å²) in [6.45, 7) is 3.42. The van der Waals surface area contributed by atoms with E-state index in [1.54, 1.807) is 21.1 Å². The maximum absolute atomic E-state index is 13.0. The van der Waals surface area contributed by atoms with Crippen molar-refractivity contribution in [3.8, 4) is 0 Å². The zero-order valence-corrected chi connectivity index (χ0v) is 18.6. The van der Waals surface area contributed by atoms with Crippen molar-refractivity contribution in [1.82, 2.24) is 24.7 Å². The molecule has 0 saturated heterocycles. The summed E-state index contributed by atoms with van der Waals surface area (Å²) in [7, 11) is 4.80.